The Labute approximate surface area is 254 Å². The second-order valence-electron chi connectivity index (χ2n) is 16.6. The van der Waals surface area contributed by atoms with E-state index in [1.54, 1.807) is 0 Å². The van der Waals surface area contributed by atoms with Gasteiger partial charge in [0.1, 0.15) is 0 Å². The Balaban J connectivity index is 1.30. The number of fused-ring (bicyclic) bond motifs is 4. The quantitative estimate of drug-likeness (QED) is 0.160. The maximum atomic E-state index is 6.36. The molecule has 0 bridgehead atoms. The minimum absolute atomic E-state index is 0.564. The van der Waals surface area contributed by atoms with Crippen LogP contribution >= 0.6 is 0 Å². The van der Waals surface area contributed by atoms with Crippen LogP contribution < -0.4 is 0 Å². The third-order valence-electron chi connectivity index (χ3n) is 13.0. The fourth-order valence-corrected chi connectivity index (χ4v) is 11.9. The molecule has 0 aliphatic heterocycles. The molecule has 0 aromatic rings. The molecule has 0 spiro atoms. The third kappa shape index (κ3) is 7.26. The number of hydrogen-bond donors (Lipinski definition) is 0. The average Bonchev–Trinajstić information content (AvgIpc) is 2.97. The Morgan fingerprint density at radius 2 is 0.976 bits per heavy atom. The van der Waals surface area contributed by atoms with Crippen LogP contribution in [0.25, 0.3) is 0 Å². The van der Waals surface area contributed by atoms with E-state index in [0.29, 0.717) is 12.1 Å². The van der Waals surface area contributed by atoms with Crippen molar-refractivity contribution in [1.82, 2.24) is 0 Å². The first-order valence-corrected chi connectivity index (χ1v) is 22.0. The molecule has 6 aliphatic rings. The van der Waals surface area contributed by atoms with E-state index < -0.39 is 8.32 Å². The fourth-order valence-electron chi connectivity index (χ4n) is 11.1. The van der Waals surface area contributed by atoms with E-state index in [9.17, 15) is 0 Å². The Morgan fingerprint density at radius 3 is 1.39 bits per heavy atom. The van der Waals surface area contributed by atoms with Gasteiger partial charge in [-0.1, -0.05) is 77.0 Å². The Hall–Kier alpha value is -0.483. The van der Waals surface area contributed by atoms with Crippen molar-refractivity contribution in [3.8, 4) is 0 Å². The van der Waals surface area contributed by atoms with Crippen molar-refractivity contribution in [3.63, 3.8) is 0 Å². The maximum absolute atomic E-state index is 6.36. The first-order valence-electron chi connectivity index (χ1n) is 18.6. The summed E-state index contributed by atoms with van der Waals surface area (Å²) in [5.74, 6) is 7.13. The normalized spacial score (nSPS) is 42.0. The number of hydrogen-bond acceptors (Lipinski definition) is 3. The smallest absolute Gasteiger partial charge is 0.183 e. The fraction of sp³-hybridized carbons (Fsp3) is 0.946. The standard InChI is InChI=1S/C37H64N2OSi/c1-26(38-36-31-18-9-5-14-27(31)24-28-15-6-10-19-32(28)36)35(22-13-23-40-41(2,3)4)39-37-33-20-11-7-16-29(33)25-30-17-8-12-21-34(30)37/h27-34,36-37H,5-25H2,1-4H3. The van der Waals surface area contributed by atoms with E-state index in [1.807, 2.05) is 0 Å². The van der Waals surface area contributed by atoms with Crippen LogP contribution in [0, 0.1) is 47.3 Å². The van der Waals surface area contributed by atoms with Gasteiger partial charge in [0.05, 0.1) is 23.5 Å². The van der Waals surface area contributed by atoms with Gasteiger partial charge in [0.25, 0.3) is 0 Å². The number of aliphatic imine (C=N–C) groups is 2. The zero-order chi connectivity index (χ0) is 28.4. The predicted octanol–water partition coefficient (Wildman–Crippen LogP) is 10.3. The van der Waals surface area contributed by atoms with E-state index in [1.165, 1.54) is 127 Å². The minimum atomic E-state index is -1.49. The largest absolute Gasteiger partial charge is 0.418 e. The second-order valence-corrected chi connectivity index (χ2v) is 21.2. The highest BCUT2D eigenvalue weighted by Crippen LogP contribution is 2.53. The summed E-state index contributed by atoms with van der Waals surface area (Å²) in [5.41, 5.74) is 2.74. The molecule has 0 saturated heterocycles. The molecule has 6 saturated carbocycles. The second kappa shape index (κ2) is 13.7. The highest BCUT2D eigenvalue weighted by molar-refractivity contribution is 6.69. The van der Waals surface area contributed by atoms with Crippen LogP contribution in [0.1, 0.15) is 135 Å². The SMILES string of the molecule is CC(=NC1C2CCCCC2CC2CCCCC21)C(CCCO[Si](C)(C)C)=NC1C2CCCCC2CC2CCCCC21. The topological polar surface area (TPSA) is 34.0 Å². The molecular weight excluding hydrogens is 517 g/mol. The maximum Gasteiger partial charge on any atom is 0.183 e. The van der Waals surface area contributed by atoms with Crippen LogP contribution in [0.15, 0.2) is 9.98 Å². The number of nitrogens with zero attached hydrogens (tertiary/aromatic N) is 2. The summed E-state index contributed by atoms with van der Waals surface area (Å²) in [6, 6.07) is 1.13. The van der Waals surface area contributed by atoms with Crippen LogP contribution in [0.2, 0.25) is 19.6 Å². The Morgan fingerprint density at radius 1 is 0.585 bits per heavy atom. The molecule has 0 amide bonds. The molecule has 6 fully saturated rings. The van der Waals surface area contributed by atoms with Crippen molar-refractivity contribution in [1.29, 1.82) is 0 Å². The van der Waals surface area contributed by atoms with Crippen molar-refractivity contribution in [3.05, 3.63) is 0 Å². The van der Waals surface area contributed by atoms with E-state index in [-0.39, 0.29) is 0 Å². The molecule has 3 nitrogen and oxygen atoms in total. The van der Waals surface area contributed by atoms with Gasteiger partial charge < -0.3 is 4.43 Å². The van der Waals surface area contributed by atoms with Crippen LogP contribution in [-0.4, -0.2) is 38.4 Å². The van der Waals surface area contributed by atoms with Gasteiger partial charge in [0.2, 0.25) is 0 Å². The van der Waals surface area contributed by atoms with Gasteiger partial charge in [-0.3, -0.25) is 9.98 Å². The van der Waals surface area contributed by atoms with Gasteiger partial charge >= 0.3 is 0 Å². The highest BCUT2D eigenvalue weighted by Gasteiger charge is 2.47. The van der Waals surface area contributed by atoms with Crippen LogP contribution in [0.3, 0.4) is 0 Å². The monoisotopic (exact) mass is 580 g/mol. The molecule has 6 aliphatic carbocycles. The van der Waals surface area contributed by atoms with E-state index in [0.717, 1.165) is 66.8 Å². The van der Waals surface area contributed by atoms with Gasteiger partial charge in [0.15, 0.2) is 8.32 Å². The lowest BCUT2D eigenvalue weighted by Crippen LogP contribution is -2.47. The van der Waals surface area contributed by atoms with Gasteiger partial charge in [-0.25, -0.2) is 0 Å². The van der Waals surface area contributed by atoms with Crippen molar-refractivity contribution in [2.24, 2.45) is 57.3 Å². The molecule has 8 unspecified atom stereocenters. The van der Waals surface area contributed by atoms with Crippen molar-refractivity contribution >= 4 is 19.7 Å². The molecular formula is C37H64N2OSi. The molecule has 6 rings (SSSR count). The predicted molar refractivity (Wildman–Crippen MR) is 178 cm³/mol. The van der Waals surface area contributed by atoms with Crippen molar-refractivity contribution in [2.75, 3.05) is 6.61 Å². The highest BCUT2D eigenvalue weighted by atomic mass is 28.4. The summed E-state index contributed by atoms with van der Waals surface area (Å²) < 4.78 is 6.36. The molecule has 0 N–H and O–H groups in total. The summed E-state index contributed by atoms with van der Waals surface area (Å²) in [6.45, 7) is 10.3. The summed E-state index contributed by atoms with van der Waals surface area (Å²) in [6.07, 6.45) is 28.4. The average molecular weight is 581 g/mol. The zero-order valence-corrected chi connectivity index (χ0v) is 28.4. The molecule has 0 aromatic carbocycles. The van der Waals surface area contributed by atoms with Gasteiger partial charge in [-0.05, 0) is 125 Å². The first kappa shape index (κ1) is 30.5. The van der Waals surface area contributed by atoms with Gasteiger partial charge in [0, 0.05) is 6.61 Å². The molecule has 232 valence electrons. The van der Waals surface area contributed by atoms with Gasteiger partial charge in [-0.2, -0.15) is 0 Å². The summed E-state index contributed by atoms with van der Waals surface area (Å²) in [7, 11) is -1.49. The minimum Gasteiger partial charge on any atom is -0.418 e. The lowest BCUT2D eigenvalue weighted by Gasteiger charge is -2.50. The van der Waals surface area contributed by atoms with E-state index >= 15 is 0 Å². The molecule has 0 aromatic heterocycles. The molecule has 0 radical (unpaired) electrons. The zero-order valence-electron chi connectivity index (χ0n) is 27.4. The molecule has 41 heavy (non-hydrogen) atoms. The van der Waals surface area contributed by atoms with Crippen LogP contribution in [0.5, 0.6) is 0 Å². The van der Waals surface area contributed by atoms with Crippen LogP contribution in [-0.2, 0) is 4.43 Å². The summed E-state index contributed by atoms with van der Waals surface area (Å²) >= 11 is 0. The van der Waals surface area contributed by atoms with Gasteiger partial charge in [-0.15, -0.1) is 0 Å². The Bertz CT molecular complexity index is 878. The molecule has 4 heteroatoms. The molecule has 0 heterocycles. The van der Waals surface area contributed by atoms with E-state index in [2.05, 4.69) is 26.6 Å². The van der Waals surface area contributed by atoms with Crippen molar-refractivity contribution in [2.45, 2.75) is 167 Å². The van der Waals surface area contributed by atoms with E-state index in [4.69, 9.17) is 14.4 Å². The van der Waals surface area contributed by atoms with Crippen molar-refractivity contribution < 1.29 is 4.43 Å². The summed E-state index contributed by atoms with van der Waals surface area (Å²) in [5, 5.41) is 0. The Kier molecular flexibility index (Phi) is 10.2. The third-order valence-corrected chi connectivity index (χ3v) is 14.1. The van der Waals surface area contributed by atoms with Crippen LogP contribution in [0.4, 0.5) is 0 Å². The number of rotatable bonds is 8. The lowest BCUT2D eigenvalue weighted by atomic mass is 9.57. The molecule has 8 atom stereocenters. The lowest BCUT2D eigenvalue weighted by molar-refractivity contribution is 0.0302. The summed E-state index contributed by atoms with van der Waals surface area (Å²) in [4.78, 5) is 11.8. The first-order chi connectivity index (χ1) is 19.9.